The van der Waals surface area contributed by atoms with Gasteiger partial charge in [0.05, 0.1) is 5.56 Å². The number of hydrogen-bond donors (Lipinski definition) is 1. The lowest BCUT2D eigenvalue weighted by Crippen LogP contribution is -2.52. The van der Waals surface area contributed by atoms with E-state index in [0.717, 1.165) is 0 Å². The first-order valence-corrected chi connectivity index (χ1v) is 9.49. The Morgan fingerprint density at radius 3 is 2.46 bits per heavy atom. The van der Waals surface area contributed by atoms with Gasteiger partial charge in [-0.1, -0.05) is 6.92 Å². The maximum atomic E-state index is 12.4. The van der Waals surface area contributed by atoms with E-state index >= 15 is 0 Å². The Labute approximate surface area is 141 Å². The molecule has 0 saturated carbocycles. The van der Waals surface area contributed by atoms with Gasteiger partial charge in [-0.15, -0.1) is 0 Å². The molecular weight excluding hydrogens is 332 g/mol. The lowest BCUT2D eigenvalue weighted by Gasteiger charge is -2.36. The van der Waals surface area contributed by atoms with Crippen molar-refractivity contribution in [1.82, 2.24) is 9.88 Å². The Kier molecular flexibility index (Phi) is 5.43. The van der Waals surface area contributed by atoms with Crippen LogP contribution in [0.4, 0.5) is 5.82 Å². The summed E-state index contributed by atoms with van der Waals surface area (Å²) >= 11 is 0. The van der Waals surface area contributed by atoms with Gasteiger partial charge in [-0.3, -0.25) is 9.59 Å². The number of amides is 2. The zero-order chi connectivity index (χ0) is 17.9. The molecule has 1 aliphatic rings. The number of hydrogen-bond acceptors (Lipinski definition) is 6. The van der Waals surface area contributed by atoms with E-state index in [2.05, 4.69) is 4.98 Å². The van der Waals surface area contributed by atoms with Crippen LogP contribution in [0.3, 0.4) is 0 Å². The van der Waals surface area contributed by atoms with E-state index in [-0.39, 0.29) is 11.7 Å². The minimum atomic E-state index is -3.41. The van der Waals surface area contributed by atoms with Crippen molar-refractivity contribution in [3.8, 4) is 0 Å². The van der Waals surface area contributed by atoms with Crippen LogP contribution in [-0.2, 0) is 14.6 Å². The Morgan fingerprint density at radius 1 is 1.29 bits per heavy atom. The molecule has 0 bridgehead atoms. The van der Waals surface area contributed by atoms with Crippen molar-refractivity contribution in [2.45, 2.75) is 19.1 Å². The largest absolute Gasteiger partial charge is 0.365 e. The monoisotopic (exact) mass is 354 g/mol. The van der Waals surface area contributed by atoms with Crippen LogP contribution in [0.5, 0.6) is 0 Å². The molecule has 0 spiro atoms. The fourth-order valence-electron chi connectivity index (χ4n) is 2.64. The summed E-state index contributed by atoms with van der Waals surface area (Å²) in [4.78, 5) is 31.5. The maximum absolute atomic E-state index is 12.4. The van der Waals surface area contributed by atoms with Crippen LogP contribution in [0.25, 0.3) is 0 Å². The number of carbonyl (C=O) groups is 2. The van der Waals surface area contributed by atoms with E-state index in [9.17, 15) is 18.0 Å². The van der Waals surface area contributed by atoms with Gasteiger partial charge in [-0.2, -0.15) is 0 Å². The maximum Gasteiger partial charge on any atom is 0.252 e. The molecule has 8 nitrogen and oxygen atoms in total. The van der Waals surface area contributed by atoms with Crippen molar-refractivity contribution in [3.05, 3.63) is 23.9 Å². The Bertz CT molecular complexity index is 727. The number of sulfone groups is 1. The lowest BCUT2D eigenvalue weighted by molar-refractivity contribution is -0.130. The molecule has 0 unspecified atom stereocenters. The summed E-state index contributed by atoms with van der Waals surface area (Å²) in [5.74, 6) is -0.506. The predicted octanol–water partition coefficient (Wildman–Crippen LogP) is -0.348. The molecule has 2 rings (SSSR count). The SMILES string of the molecule is CCS(=O)(=O)[C@@H](C)C(=O)N1CCN(c2ncccc2C(N)=O)CC1. The third kappa shape index (κ3) is 3.66. The smallest absolute Gasteiger partial charge is 0.252 e. The summed E-state index contributed by atoms with van der Waals surface area (Å²) in [6, 6.07) is 3.25. The summed E-state index contributed by atoms with van der Waals surface area (Å²) in [5, 5.41) is -1.04. The van der Waals surface area contributed by atoms with Crippen molar-refractivity contribution in [1.29, 1.82) is 0 Å². The standard InChI is InChI=1S/C15H22N4O4S/c1-3-24(22,23)11(2)15(21)19-9-7-18(8-10-19)14-12(13(16)20)5-4-6-17-14/h4-6,11H,3,7-10H2,1-2H3,(H2,16,20)/t11-/m0/s1. The third-order valence-corrected chi connectivity index (χ3v) is 6.32. The van der Waals surface area contributed by atoms with Crippen LogP contribution in [0.2, 0.25) is 0 Å². The molecule has 9 heteroatoms. The molecule has 2 heterocycles. The number of aromatic nitrogens is 1. The van der Waals surface area contributed by atoms with Crippen molar-refractivity contribution in [3.63, 3.8) is 0 Å². The third-order valence-electron chi connectivity index (χ3n) is 4.23. The Morgan fingerprint density at radius 2 is 1.92 bits per heavy atom. The fraction of sp³-hybridized carbons (Fsp3) is 0.533. The van der Waals surface area contributed by atoms with E-state index in [1.54, 1.807) is 23.2 Å². The van der Waals surface area contributed by atoms with Gasteiger partial charge in [-0.05, 0) is 19.1 Å². The van der Waals surface area contributed by atoms with E-state index in [1.807, 2.05) is 4.90 Å². The second-order valence-corrected chi connectivity index (χ2v) is 8.26. The molecule has 1 aliphatic heterocycles. The number of rotatable bonds is 5. The lowest BCUT2D eigenvalue weighted by atomic mass is 10.2. The van der Waals surface area contributed by atoms with Crippen molar-refractivity contribution in [2.24, 2.45) is 5.73 Å². The van der Waals surface area contributed by atoms with E-state index < -0.39 is 21.0 Å². The number of nitrogens with two attached hydrogens (primary N) is 1. The van der Waals surface area contributed by atoms with Gasteiger partial charge in [0.1, 0.15) is 11.1 Å². The van der Waals surface area contributed by atoms with Gasteiger partial charge in [0.25, 0.3) is 5.91 Å². The van der Waals surface area contributed by atoms with Gasteiger partial charge in [0.15, 0.2) is 9.84 Å². The van der Waals surface area contributed by atoms with Crippen molar-refractivity contribution >= 4 is 27.5 Å². The van der Waals surface area contributed by atoms with Gasteiger partial charge >= 0.3 is 0 Å². The second kappa shape index (κ2) is 7.16. The highest BCUT2D eigenvalue weighted by Crippen LogP contribution is 2.19. The zero-order valence-corrected chi connectivity index (χ0v) is 14.6. The molecule has 0 aromatic carbocycles. The normalized spacial score (nSPS) is 16.8. The Balaban J connectivity index is 2.07. The molecule has 1 saturated heterocycles. The molecule has 0 radical (unpaired) electrons. The highest BCUT2D eigenvalue weighted by atomic mass is 32.2. The van der Waals surface area contributed by atoms with Crippen LogP contribution in [0.1, 0.15) is 24.2 Å². The molecule has 132 valence electrons. The molecule has 2 N–H and O–H groups in total. The van der Waals surface area contributed by atoms with Gasteiger partial charge < -0.3 is 15.5 Å². The molecule has 24 heavy (non-hydrogen) atoms. The summed E-state index contributed by atoms with van der Waals surface area (Å²) in [6.45, 7) is 4.62. The first kappa shape index (κ1) is 18.2. The summed E-state index contributed by atoms with van der Waals surface area (Å²) < 4.78 is 23.7. The minimum Gasteiger partial charge on any atom is -0.365 e. The minimum absolute atomic E-state index is 0.0597. The molecule has 1 atom stereocenters. The van der Waals surface area contributed by atoms with Gasteiger partial charge in [-0.25, -0.2) is 13.4 Å². The summed E-state index contributed by atoms with van der Waals surface area (Å²) in [6.07, 6.45) is 1.58. The first-order valence-electron chi connectivity index (χ1n) is 7.78. The Hall–Kier alpha value is -2.16. The number of pyridine rings is 1. The number of nitrogens with zero attached hydrogens (tertiary/aromatic N) is 3. The van der Waals surface area contributed by atoms with E-state index in [1.165, 1.54) is 13.8 Å². The number of anilines is 1. The predicted molar refractivity (Wildman–Crippen MR) is 90.5 cm³/mol. The molecule has 1 aromatic heterocycles. The highest BCUT2D eigenvalue weighted by molar-refractivity contribution is 7.92. The number of carbonyl (C=O) groups excluding carboxylic acids is 2. The van der Waals surface area contributed by atoms with Crippen LogP contribution < -0.4 is 10.6 Å². The van der Waals surface area contributed by atoms with Crippen LogP contribution in [0.15, 0.2) is 18.3 Å². The first-order chi connectivity index (χ1) is 11.3. The fourth-order valence-corrected chi connectivity index (χ4v) is 3.60. The van der Waals surface area contributed by atoms with Gasteiger partial charge in [0, 0.05) is 38.1 Å². The van der Waals surface area contributed by atoms with E-state index in [0.29, 0.717) is 37.6 Å². The van der Waals surface area contributed by atoms with Gasteiger partial charge in [0.2, 0.25) is 5.91 Å². The topological polar surface area (TPSA) is 114 Å². The van der Waals surface area contributed by atoms with Crippen LogP contribution >= 0.6 is 0 Å². The summed E-state index contributed by atoms with van der Waals surface area (Å²) in [5.41, 5.74) is 5.70. The number of piperazine rings is 1. The zero-order valence-electron chi connectivity index (χ0n) is 13.8. The average Bonchev–Trinajstić information content (AvgIpc) is 2.60. The molecule has 1 aromatic rings. The second-order valence-electron chi connectivity index (χ2n) is 5.64. The quantitative estimate of drug-likeness (QED) is 0.773. The van der Waals surface area contributed by atoms with Crippen LogP contribution in [0, 0.1) is 0 Å². The van der Waals surface area contributed by atoms with Crippen molar-refractivity contribution < 1.29 is 18.0 Å². The highest BCUT2D eigenvalue weighted by Gasteiger charge is 2.32. The molecule has 0 aliphatic carbocycles. The molecule has 2 amide bonds. The van der Waals surface area contributed by atoms with E-state index in [4.69, 9.17) is 5.73 Å². The summed E-state index contributed by atoms with van der Waals surface area (Å²) in [7, 11) is -3.41. The molecular formula is C15H22N4O4S. The van der Waals surface area contributed by atoms with Crippen molar-refractivity contribution in [2.75, 3.05) is 36.8 Å². The number of primary amides is 1. The van der Waals surface area contributed by atoms with Crippen LogP contribution in [-0.4, -0.2) is 67.3 Å². The molecule has 1 fully saturated rings. The average molecular weight is 354 g/mol.